The molecule has 0 saturated carbocycles. The molecule has 0 saturated heterocycles. The number of carbonyl (C=O) groups excluding carboxylic acids is 1. The summed E-state index contributed by atoms with van der Waals surface area (Å²) in [6.07, 6.45) is -0.578. The van der Waals surface area contributed by atoms with Crippen molar-refractivity contribution < 1.29 is 9.53 Å². The summed E-state index contributed by atoms with van der Waals surface area (Å²) >= 11 is 14.2. The van der Waals surface area contributed by atoms with E-state index in [9.17, 15) is 4.79 Å². The van der Waals surface area contributed by atoms with Crippen molar-refractivity contribution in [2.45, 2.75) is 26.5 Å². The van der Waals surface area contributed by atoms with Gasteiger partial charge < -0.3 is 9.64 Å². The van der Waals surface area contributed by atoms with Crippen molar-refractivity contribution in [2.24, 2.45) is 0 Å². The minimum atomic E-state index is -0.578. The minimum Gasteiger partial charge on any atom is -0.479 e. The van der Waals surface area contributed by atoms with Gasteiger partial charge >= 0.3 is 0 Å². The summed E-state index contributed by atoms with van der Waals surface area (Å²) in [5, 5.41) is 4.05. The number of halogens is 2. The van der Waals surface area contributed by atoms with E-state index in [0.29, 0.717) is 27.0 Å². The normalized spacial score (nSPS) is 16.2. The molecule has 1 aliphatic heterocycles. The molecule has 4 nitrogen and oxygen atoms in total. The van der Waals surface area contributed by atoms with E-state index in [2.05, 4.69) is 4.98 Å². The van der Waals surface area contributed by atoms with Crippen molar-refractivity contribution in [3.05, 3.63) is 62.4 Å². The predicted octanol–water partition coefficient (Wildman–Crippen LogP) is 5.74. The topological polar surface area (TPSA) is 42.4 Å². The standard InChI is InChI=1S/C20H16Cl2N2O2S/c1-11-20(25)24(9-14-15(21)4-3-5-16(14)22)18-8-13(6-7-19(18)26-11)17-10-27-12(2)23-17/h3-8,10-11H,9H2,1-2H3. The lowest BCUT2D eigenvalue weighted by Gasteiger charge is -2.33. The average molecular weight is 419 g/mol. The van der Waals surface area contributed by atoms with Crippen molar-refractivity contribution in [2.75, 3.05) is 4.90 Å². The van der Waals surface area contributed by atoms with E-state index in [1.54, 1.807) is 41.4 Å². The fraction of sp³-hybridized carbons (Fsp3) is 0.200. The van der Waals surface area contributed by atoms with Crippen LogP contribution in [0.4, 0.5) is 5.69 Å². The van der Waals surface area contributed by atoms with Gasteiger partial charge in [0.05, 0.1) is 22.9 Å². The van der Waals surface area contributed by atoms with Crippen LogP contribution in [-0.2, 0) is 11.3 Å². The fourth-order valence-electron chi connectivity index (χ4n) is 3.07. The molecule has 4 rings (SSSR count). The maximum absolute atomic E-state index is 12.9. The molecule has 7 heteroatoms. The Bertz CT molecular complexity index is 1010. The molecule has 27 heavy (non-hydrogen) atoms. The molecule has 1 aliphatic rings. The highest BCUT2D eigenvalue weighted by molar-refractivity contribution is 7.09. The summed E-state index contributed by atoms with van der Waals surface area (Å²) in [7, 11) is 0. The number of rotatable bonds is 3. The molecular weight excluding hydrogens is 403 g/mol. The Kier molecular flexibility index (Phi) is 4.84. The highest BCUT2D eigenvalue weighted by atomic mass is 35.5. The number of carbonyl (C=O) groups is 1. The van der Waals surface area contributed by atoms with Gasteiger partial charge in [-0.25, -0.2) is 4.98 Å². The number of thiazole rings is 1. The Balaban J connectivity index is 1.79. The number of hydrogen-bond donors (Lipinski definition) is 0. The van der Waals surface area contributed by atoms with Gasteiger partial charge in [0.15, 0.2) is 6.10 Å². The lowest BCUT2D eigenvalue weighted by Crippen LogP contribution is -2.44. The van der Waals surface area contributed by atoms with Crippen LogP contribution in [-0.4, -0.2) is 17.0 Å². The molecule has 0 spiro atoms. The van der Waals surface area contributed by atoms with E-state index in [4.69, 9.17) is 27.9 Å². The summed E-state index contributed by atoms with van der Waals surface area (Å²) < 4.78 is 5.79. The Morgan fingerprint density at radius 1 is 1.22 bits per heavy atom. The third kappa shape index (κ3) is 3.43. The Labute approximate surface area is 171 Å². The molecule has 0 bridgehead atoms. The molecule has 0 aliphatic carbocycles. The van der Waals surface area contributed by atoms with Crippen LogP contribution in [0.3, 0.4) is 0 Å². The molecule has 1 unspecified atom stereocenters. The predicted molar refractivity (Wildman–Crippen MR) is 110 cm³/mol. The minimum absolute atomic E-state index is 0.134. The first kappa shape index (κ1) is 18.3. The number of aryl methyl sites for hydroxylation is 1. The zero-order valence-electron chi connectivity index (χ0n) is 14.7. The van der Waals surface area contributed by atoms with Crippen molar-refractivity contribution in [1.29, 1.82) is 0 Å². The van der Waals surface area contributed by atoms with Crippen LogP contribution < -0.4 is 9.64 Å². The maximum Gasteiger partial charge on any atom is 0.268 e. The number of fused-ring (bicyclic) bond motifs is 1. The Morgan fingerprint density at radius 2 is 1.96 bits per heavy atom. The molecule has 2 heterocycles. The highest BCUT2D eigenvalue weighted by Gasteiger charge is 2.32. The third-order valence-corrected chi connectivity index (χ3v) is 5.94. The number of nitrogens with zero attached hydrogens (tertiary/aromatic N) is 2. The van der Waals surface area contributed by atoms with E-state index < -0.39 is 6.10 Å². The van der Waals surface area contributed by atoms with Crippen LogP contribution in [0.5, 0.6) is 5.75 Å². The monoisotopic (exact) mass is 418 g/mol. The van der Waals surface area contributed by atoms with Gasteiger partial charge in [0.25, 0.3) is 5.91 Å². The first-order valence-electron chi connectivity index (χ1n) is 8.41. The van der Waals surface area contributed by atoms with Gasteiger partial charge in [-0.15, -0.1) is 11.3 Å². The number of benzene rings is 2. The zero-order chi connectivity index (χ0) is 19.1. The summed E-state index contributed by atoms with van der Waals surface area (Å²) in [6.45, 7) is 3.98. The number of ether oxygens (including phenoxy) is 1. The van der Waals surface area contributed by atoms with Crippen molar-refractivity contribution >= 4 is 46.1 Å². The lowest BCUT2D eigenvalue weighted by atomic mass is 10.1. The highest BCUT2D eigenvalue weighted by Crippen LogP contribution is 2.39. The lowest BCUT2D eigenvalue weighted by molar-refractivity contribution is -0.125. The second kappa shape index (κ2) is 7.15. The summed E-state index contributed by atoms with van der Waals surface area (Å²) in [5.41, 5.74) is 3.21. The second-order valence-corrected chi connectivity index (χ2v) is 8.20. The molecule has 0 radical (unpaired) electrons. The van der Waals surface area contributed by atoms with Gasteiger partial charge in [-0.05, 0) is 44.2 Å². The summed E-state index contributed by atoms with van der Waals surface area (Å²) in [5.74, 6) is 0.520. The molecule has 0 fully saturated rings. The zero-order valence-corrected chi connectivity index (χ0v) is 17.0. The summed E-state index contributed by atoms with van der Waals surface area (Å²) in [6, 6.07) is 11.1. The second-order valence-electron chi connectivity index (χ2n) is 6.32. The molecular formula is C20H16Cl2N2O2S. The number of anilines is 1. The van der Waals surface area contributed by atoms with Crippen molar-refractivity contribution in [3.63, 3.8) is 0 Å². The fourth-order valence-corrected chi connectivity index (χ4v) is 4.21. The van der Waals surface area contributed by atoms with Gasteiger partial charge in [-0.3, -0.25) is 4.79 Å². The van der Waals surface area contributed by atoms with Crippen LogP contribution in [0.1, 0.15) is 17.5 Å². The molecule has 2 aromatic carbocycles. The molecule has 1 amide bonds. The van der Waals surface area contributed by atoms with Crippen LogP contribution >= 0.6 is 34.5 Å². The van der Waals surface area contributed by atoms with Crippen LogP contribution in [0.2, 0.25) is 10.0 Å². The van der Waals surface area contributed by atoms with E-state index in [1.807, 2.05) is 30.5 Å². The summed E-state index contributed by atoms with van der Waals surface area (Å²) in [4.78, 5) is 19.1. The van der Waals surface area contributed by atoms with Crippen molar-refractivity contribution in [3.8, 4) is 17.0 Å². The number of amides is 1. The molecule has 1 atom stereocenters. The molecule has 3 aromatic rings. The van der Waals surface area contributed by atoms with Gasteiger partial charge in [0.2, 0.25) is 0 Å². The number of aromatic nitrogens is 1. The number of hydrogen-bond acceptors (Lipinski definition) is 4. The van der Waals surface area contributed by atoms with Gasteiger partial charge in [-0.1, -0.05) is 29.3 Å². The first-order valence-corrected chi connectivity index (χ1v) is 10.0. The molecule has 138 valence electrons. The third-order valence-electron chi connectivity index (χ3n) is 4.46. The van der Waals surface area contributed by atoms with Crippen LogP contribution in [0.15, 0.2) is 41.8 Å². The average Bonchev–Trinajstić information content (AvgIpc) is 3.07. The van der Waals surface area contributed by atoms with Crippen molar-refractivity contribution in [1.82, 2.24) is 4.98 Å². The quantitative estimate of drug-likeness (QED) is 0.544. The Hall–Kier alpha value is -2.08. The first-order chi connectivity index (χ1) is 12.9. The largest absolute Gasteiger partial charge is 0.479 e. The van der Waals surface area contributed by atoms with Gasteiger partial charge in [-0.2, -0.15) is 0 Å². The van der Waals surface area contributed by atoms with Crippen LogP contribution in [0, 0.1) is 6.92 Å². The maximum atomic E-state index is 12.9. The van der Waals surface area contributed by atoms with E-state index in [1.165, 1.54) is 0 Å². The SMILES string of the molecule is Cc1nc(-c2ccc3c(c2)N(Cc2c(Cl)cccc2Cl)C(=O)C(C)O3)cs1. The van der Waals surface area contributed by atoms with E-state index in [0.717, 1.165) is 16.3 Å². The van der Waals surface area contributed by atoms with E-state index >= 15 is 0 Å². The van der Waals surface area contributed by atoms with E-state index in [-0.39, 0.29) is 12.5 Å². The smallest absolute Gasteiger partial charge is 0.268 e. The van der Waals surface area contributed by atoms with Gasteiger partial charge in [0.1, 0.15) is 5.75 Å². The van der Waals surface area contributed by atoms with Crippen LogP contribution in [0.25, 0.3) is 11.3 Å². The van der Waals surface area contributed by atoms with Gasteiger partial charge in [0, 0.05) is 26.6 Å². The molecule has 0 N–H and O–H groups in total. The molecule has 1 aromatic heterocycles. The Morgan fingerprint density at radius 3 is 2.63 bits per heavy atom.